The first kappa shape index (κ1) is 13.9. The molecule has 0 saturated carbocycles. The lowest BCUT2D eigenvalue weighted by molar-refractivity contribution is -0.116. The molecule has 17 heavy (non-hydrogen) atoms. The van der Waals surface area contributed by atoms with Gasteiger partial charge in [0, 0.05) is 17.0 Å². The Hall–Kier alpha value is -1.17. The second-order valence-electron chi connectivity index (χ2n) is 3.37. The number of thioether (sulfide) groups is 1. The van der Waals surface area contributed by atoms with Crippen LogP contribution in [0.4, 0.5) is 18.9 Å². The predicted molar refractivity (Wildman–Crippen MR) is 61.9 cm³/mol. The summed E-state index contributed by atoms with van der Waals surface area (Å²) in [5.74, 6) is -0.135. The molecule has 6 heteroatoms. The number of hydrogen-bond donors (Lipinski definition) is 1. The lowest BCUT2D eigenvalue weighted by Gasteiger charge is -2.07. The highest BCUT2D eigenvalue weighted by molar-refractivity contribution is 8.00. The average molecular weight is 263 g/mol. The van der Waals surface area contributed by atoms with E-state index in [9.17, 15) is 18.0 Å². The SMILES string of the molecule is CCCC(=O)Nc1ccc(SC(F)(F)F)cc1. The topological polar surface area (TPSA) is 29.1 Å². The molecule has 0 spiro atoms. The van der Waals surface area contributed by atoms with Gasteiger partial charge in [-0.25, -0.2) is 0 Å². The highest BCUT2D eigenvalue weighted by atomic mass is 32.2. The Balaban J connectivity index is 2.59. The lowest BCUT2D eigenvalue weighted by atomic mass is 10.3. The van der Waals surface area contributed by atoms with Gasteiger partial charge in [0.2, 0.25) is 5.91 Å². The van der Waals surface area contributed by atoms with Crippen LogP contribution in [0.2, 0.25) is 0 Å². The first-order valence-electron chi connectivity index (χ1n) is 5.06. The molecule has 0 aliphatic heterocycles. The summed E-state index contributed by atoms with van der Waals surface area (Å²) in [4.78, 5) is 11.3. The molecular weight excluding hydrogens is 251 g/mol. The molecule has 1 aromatic rings. The first-order chi connectivity index (χ1) is 7.90. The number of alkyl halides is 3. The van der Waals surface area contributed by atoms with Gasteiger partial charge in [-0.2, -0.15) is 13.2 Å². The second kappa shape index (κ2) is 5.95. The highest BCUT2D eigenvalue weighted by Crippen LogP contribution is 2.36. The third kappa shape index (κ3) is 5.63. The molecular formula is C11H12F3NOS. The molecule has 0 unspecified atom stereocenters. The molecule has 1 amide bonds. The third-order valence-corrected chi connectivity index (χ3v) is 2.59. The number of anilines is 1. The number of hydrogen-bond acceptors (Lipinski definition) is 2. The first-order valence-corrected chi connectivity index (χ1v) is 5.88. The van der Waals surface area contributed by atoms with E-state index in [1.54, 1.807) is 0 Å². The van der Waals surface area contributed by atoms with Crippen LogP contribution in [0, 0.1) is 0 Å². The predicted octanol–water partition coefficient (Wildman–Crippen LogP) is 4.04. The molecule has 1 N–H and O–H groups in total. The maximum absolute atomic E-state index is 12.0. The minimum absolute atomic E-state index is 0.103. The fourth-order valence-electron chi connectivity index (χ4n) is 1.19. The van der Waals surface area contributed by atoms with Gasteiger partial charge in [-0.15, -0.1) is 0 Å². The van der Waals surface area contributed by atoms with Gasteiger partial charge >= 0.3 is 5.51 Å². The molecule has 94 valence electrons. The molecule has 0 aliphatic rings. The van der Waals surface area contributed by atoms with Crippen LogP contribution < -0.4 is 5.32 Å². The van der Waals surface area contributed by atoms with Crippen LogP contribution in [-0.2, 0) is 4.79 Å². The maximum Gasteiger partial charge on any atom is 0.446 e. The number of carbonyl (C=O) groups is 1. The van der Waals surface area contributed by atoms with Crippen molar-refractivity contribution in [2.24, 2.45) is 0 Å². The quantitative estimate of drug-likeness (QED) is 0.831. The molecule has 0 aliphatic carbocycles. The summed E-state index contributed by atoms with van der Waals surface area (Å²) in [7, 11) is 0. The molecule has 0 radical (unpaired) electrons. The zero-order valence-corrected chi connectivity index (χ0v) is 9.99. The van der Waals surface area contributed by atoms with Crippen molar-refractivity contribution in [2.45, 2.75) is 30.2 Å². The molecule has 0 aromatic heterocycles. The fourth-order valence-corrected chi connectivity index (χ4v) is 1.73. The van der Waals surface area contributed by atoms with Crippen molar-refractivity contribution in [2.75, 3.05) is 5.32 Å². The summed E-state index contributed by atoms with van der Waals surface area (Å²) >= 11 is -0.174. The minimum atomic E-state index is -4.28. The standard InChI is InChI=1S/C11H12F3NOS/c1-2-3-10(16)15-8-4-6-9(7-5-8)17-11(12,13)14/h4-7H,2-3H2,1H3,(H,15,16). The molecule has 1 aromatic carbocycles. The Morgan fingerprint density at radius 3 is 2.35 bits per heavy atom. The number of amides is 1. The molecule has 0 fully saturated rings. The fraction of sp³-hybridized carbons (Fsp3) is 0.364. The Bertz CT molecular complexity index is 375. The van der Waals surface area contributed by atoms with Gasteiger partial charge in [0.25, 0.3) is 0 Å². The van der Waals surface area contributed by atoms with Crippen molar-refractivity contribution in [1.29, 1.82) is 0 Å². The second-order valence-corrected chi connectivity index (χ2v) is 4.51. The van der Waals surface area contributed by atoms with E-state index in [1.165, 1.54) is 24.3 Å². The van der Waals surface area contributed by atoms with Crippen LogP contribution in [-0.4, -0.2) is 11.4 Å². The van der Waals surface area contributed by atoms with Crippen molar-refractivity contribution in [3.05, 3.63) is 24.3 Å². The monoisotopic (exact) mass is 263 g/mol. The molecule has 0 saturated heterocycles. The lowest BCUT2D eigenvalue weighted by Crippen LogP contribution is -2.10. The molecule has 2 nitrogen and oxygen atoms in total. The number of nitrogens with one attached hydrogen (secondary N) is 1. The number of benzene rings is 1. The van der Waals surface area contributed by atoms with Gasteiger partial charge in [-0.05, 0) is 42.4 Å². The van der Waals surface area contributed by atoms with E-state index < -0.39 is 5.51 Å². The Labute approximate surface area is 102 Å². The van der Waals surface area contributed by atoms with E-state index in [0.717, 1.165) is 6.42 Å². The average Bonchev–Trinajstić information content (AvgIpc) is 2.19. The normalized spacial score (nSPS) is 11.3. The largest absolute Gasteiger partial charge is 0.446 e. The van der Waals surface area contributed by atoms with E-state index in [1.807, 2.05) is 6.92 Å². The van der Waals surface area contributed by atoms with E-state index in [2.05, 4.69) is 5.32 Å². The minimum Gasteiger partial charge on any atom is -0.326 e. The zero-order valence-electron chi connectivity index (χ0n) is 9.17. The van der Waals surface area contributed by atoms with Gasteiger partial charge < -0.3 is 5.32 Å². The van der Waals surface area contributed by atoms with Crippen LogP contribution in [0.15, 0.2) is 29.2 Å². The van der Waals surface area contributed by atoms with Gasteiger partial charge in [-0.1, -0.05) is 6.92 Å². The van der Waals surface area contributed by atoms with E-state index in [4.69, 9.17) is 0 Å². The van der Waals surface area contributed by atoms with Crippen LogP contribution in [0.5, 0.6) is 0 Å². The summed E-state index contributed by atoms with van der Waals surface area (Å²) in [6.45, 7) is 1.88. The number of rotatable bonds is 4. The summed E-state index contributed by atoms with van der Waals surface area (Å²) < 4.78 is 36.1. The highest BCUT2D eigenvalue weighted by Gasteiger charge is 2.28. The van der Waals surface area contributed by atoms with Gasteiger partial charge in [-0.3, -0.25) is 4.79 Å². The van der Waals surface area contributed by atoms with Gasteiger partial charge in [0.1, 0.15) is 0 Å². The van der Waals surface area contributed by atoms with Crippen molar-refractivity contribution < 1.29 is 18.0 Å². The van der Waals surface area contributed by atoms with E-state index in [-0.39, 0.29) is 22.6 Å². The van der Waals surface area contributed by atoms with Gasteiger partial charge in [0.05, 0.1) is 0 Å². The number of carbonyl (C=O) groups excluding carboxylic acids is 1. The van der Waals surface area contributed by atoms with Crippen molar-refractivity contribution >= 4 is 23.4 Å². The summed E-state index contributed by atoms with van der Waals surface area (Å²) in [6, 6.07) is 5.59. The van der Waals surface area contributed by atoms with E-state index >= 15 is 0 Å². The summed E-state index contributed by atoms with van der Waals surface area (Å²) in [5, 5.41) is 2.60. The zero-order chi connectivity index (χ0) is 12.9. The molecule has 0 heterocycles. The molecule has 0 atom stereocenters. The summed E-state index contributed by atoms with van der Waals surface area (Å²) in [5.41, 5.74) is -3.78. The van der Waals surface area contributed by atoms with Crippen molar-refractivity contribution in [3.63, 3.8) is 0 Å². The Morgan fingerprint density at radius 1 is 1.29 bits per heavy atom. The third-order valence-electron chi connectivity index (χ3n) is 1.85. The van der Waals surface area contributed by atoms with Crippen LogP contribution >= 0.6 is 11.8 Å². The van der Waals surface area contributed by atoms with Gasteiger partial charge in [0.15, 0.2) is 0 Å². The summed E-state index contributed by atoms with van der Waals surface area (Å²) in [6.07, 6.45) is 1.13. The Kier molecular flexibility index (Phi) is 4.86. The van der Waals surface area contributed by atoms with Crippen molar-refractivity contribution in [1.82, 2.24) is 0 Å². The maximum atomic E-state index is 12.0. The van der Waals surface area contributed by atoms with Crippen molar-refractivity contribution in [3.8, 4) is 0 Å². The van der Waals surface area contributed by atoms with E-state index in [0.29, 0.717) is 12.1 Å². The molecule has 0 bridgehead atoms. The van der Waals surface area contributed by atoms with Crippen LogP contribution in [0.3, 0.4) is 0 Å². The number of halogens is 3. The van der Waals surface area contributed by atoms with Crippen LogP contribution in [0.25, 0.3) is 0 Å². The smallest absolute Gasteiger partial charge is 0.326 e. The van der Waals surface area contributed by atoms with Crippen LogP contribution in [0.1, 0.15) is 19.8 Å². The molecule has 1 rings (SSSR count). The Morgan fingerprint density at radius 2 is 1.88 bits per heavy atom.